The maximum Gasteiger partial charge on any atom is 0.241 e. The summed E-state index contributed by atoms with van der Waals surface area (Å²) < 4.78 is 5.28. The van der Waals surface area contributed by atoms with E-state index in [0.717, 1.165) is 5.56 Å². The highest BCUT2D eigenvalue weighted by Gasteiger charge is 2.11. The van der Waals surface area contributed by atoms with Crippen LogP contribution in [0.4, 0.5) is 5.69 Å². The highest BCUT2D eigenvalue weighted by atomic mass is 16.5. The molecule has 7 heteroatoms. The number of carbonyl (C=O) groups excluding carboxylic acids is 1. The number of pyridine rings is 1. The first-order chi connectivity index (χ1) is 12.2. The van der Waals surface area contributed by atoms with Crippen molar-refractivity contribution < 1.29 is 9.32 Å². The van der Waals surface area contributed by atoms with Crippen LogP contribution < -0.4 is 5.32 Å². The number of amides is 1. The number of nitrogens with zero attached hydrogens (tertiary/aromatic N) is 4. The van der Waals surface area contributed by atoms with Gasteiger partial charge in [0.15, 0.2) is 0 Å². The summed E-state index contributed by atoms with van der Waals surface area (Å²) in [6, 6.07) is 13.2. The molecule has 0 fully saturated rings. The lowest BCUT2D eigenvalue weighted by molar-refractivity contribution is -0.116. The maximum absolute atomic E-state index is 11.9. The van der Waals surface area contributed by atoms with Gasteiger partial charge in [-0.15, -0.1) is 0 Å². The molecule has 0 bridgehead atoms. The molecule has 0 aliphatic carbocycles. The molecular formula is C18H19N5O2. The zero-order valence-electron chi connectivity index (χ0n) is 13.9. The van der Waals surface area contributed by atoms with Crippen LogP contribution in [0.1, 0.15) is 12.3 Å². The van der Waals surface area contributed by atoms with Gasteiger partial charge in [-0.05, 0) is 19.2 Å². The topological polar surface area (TPSA) is 84.2 Å². The zero-order chi connectivity index (χ0) is 17.5. The molecule has 2 aromatic heterocycles. The molecule has 1 N–H and O–H groups in total. The van der Waals surface area contributed by atoms with E-state index >= 15 is 0 Å². The Labute approximate surface area is 145 Å². The molecule has 3 aromatic rings. The van der Waals surface area contributed by atoms with E-state index in [2.05, 4.69) is 20.4 Å². The van der Waals surface area contributed by atoms with Crippen molar-refractivity contribution in [1.82, 2.24) is 20.0 Å². The smallest absolute Gasteiger partial charge is 0.241 e. The number of aromatic nitrogens is 3. The number of rotatable bonds is 7. The van der Waals surface area contributed by atoms with Crippen LogP contribution >= 0.6 is 0 Å². The van der Waals surface area contributed by atoms with Gasteiger partial charge in [-0.2, -0.15) is 4.98 Å². The van der Waals surface area contributed by atoms with Crippen molar-refractivity contribution in [1.29, 1.82) is 0 Å². The van der Waals surface area contributed by atoms with Gasteiger partial charge in [0.05, 0.1) is 18.4 Å². The third-order valence-corrected chi connectivity index (χ3v) is 3.57. The Morgan fingerprint density at radius 2 is 2.04 bits per heavy atom. The van der Waals surface area contributed by atoms with E-state index in [4.69, 9.17) is 4.52 Å². The highest BCUT2D eigenvalue weighted by molar-refractivity contribution is 5.90. The number of benzene rings is 1. The van der Waals surface area contributed by atoms with Gasteiger partial charge in [-0.25, -0.2) is 0 Å². The minimum Gasteiger partial charge on any atom is -0.338 e. The standard InChI is InChI=1S/C18H19N5O2/c1-23(11-9-16(24)20-15-8-5-10-19-12-15)13-17-21-18(22-25-17)14-6-3-2-4-7-14/h2-8,10,12H,9,11,13H2,1H3,(H,20,24). The lowest BCUT2D eigenvalue weighted by Crippen LogP contribution is -2.24. The minimum absolute atomic E-state index is 0.0599. The van der Waals surface area contributed by atoms with Gasteiger partial charge < -0.3 is 9.84 Å². The molecule has 0 radical (unpaired) electrons. The predicted molar refractivity (Wildman–Crippen MR) is 93.6 cm³/mol. The first kappa shape index (κ1) is 16.8. The van der Waals surface area contributed by atoms with Gasteiger partial charge in [0.25, 0.3) is 0 Å². The Morgan fingerprint density at radius 3 is 2.80 bits per heavy atom. The third-order valence-electron chi connectivity index (χ3n) is 3.57. The Kier molecular flexibility index (Phi) is 5.48. The van der Waals surface area contributed by atoms with Crippen LogP contribution in [0, 0.1) is 0 Å². The highest BCUT2D eigenvalue weighted by Crippen LogP contribution is 2.15. The van der Waals surface area contributed by atoms with E-state index in [0.29, 0.717) is 36.9 Å². The predicted octanol–water partition coefficient (Wildman–Crippen LogP) is 2.59. The molecule has 0 spiro atoms. The largest absolute Gasteiger partial charge is 0.338 e. The molecule has 0 saturated carbocycles. The third kappa shape index (κ3) is 4.95. The quantitative estimate of drug-likeness (QED) is 0.713. The maximum atomic E-state index is 11.9. The van der Waals surface area contributed by atoms with Crippen LogP contribution in [-0.4, -0.2) is 39.5 Å². The van der Waals surface area contributed by atoms with Crippen molar-refractivity contribution in [3.8, 4) is 11.4 Å². The van der Waals surface area contributed by atoms with Gasteiger partial charge in [-0.1, -0.05) is 35.5 Å². The van der Waals surface area contributed by atoms with E-state index in [1.807, 2.05) is 42.3 Å². The monoisotopic (exact) mass is 337 g/mol. The second kappa shape index (κ2) is 8.16. The summed E-state index contributed by atoms with van der Waals surface area (Å²) in [6.45, 7) is 1.06. The molecule has 1 amide bonds. The van der Waals surface area contributed by atoms with Gasteiger partial charge in [0.1, 0.15) is 0 Å². The molecule has 7 nitrogen and oxygen atoms in total. The minimum atomic E-state index is -0.0599. The first-order valence-electron chi connectivity index (χ1n) is 7.97. The van der Waals surface area contributed by atoms with Crippen LogP contribution in [0.25, 0.3) is 11.4 Å². The Hall–Kier alpha value is -3.06. The molecule has 128 valence electrons. The fourth-order valence-corrected chi connectivity index (χ4v) is 2.29. The lowest BCUT2D eigenvalue weighted by Gasteiger charge is -2.13. The number of carbonyl (C=O) groups is 1. The number of hydrogen-bond donors (Lipinski definition) is 1. The van der Waals surface area contributed by atoms with Crippen molar-refractivity contribution in [3.05, 3.63) is 60.7 Å². The van der Waals surface area contributed by atoms with E-state index in [1.165, 1.54) is 0 Å². The molecule has 0 atom stereocenters. The summed E-state index contributed by atoms with van der Waals surface area (Å²) >= 11 is 0. The van der Waals surface area contributed by atoms with Crippen molar-refractivity contribution in [2.45, 2.75) is 13.0 Å². The fourth-order valence-electron chi connectivity index (χ4n) is 2.29. The number of nitrogens with one attached hydrogen (secondary N) is 1. The van der Waals surface area contributed by atoms with Crippen LogP contribution in [0.2, 0.25) is 0 Å². The lowest BCUT2D eigenvalue weighted by atomic mass is 10.2. The Bertz CT molecular complexity index is 805. The Morgan fingerprint density at radius 1 is 1.20 bits per heavy atom. The van der Waals surface area contributed by atoms with Crippen molar-refractivity contribution >= 4 is 11.6 Å². The Balaban J connectivity index is 1.47. The molecular weight excluding hydrogens is 318 g/mol. The molecule has 3 rings (SSSR count). The SMILES string of the molecule is CN(CCC(=O)Nc1cccnc1)Cc1nc(-c2ccccc2)no1. The summed E-state index contributed by atoms with van der Waals surface area (Å²) in [4.78, 5) is 22.3. The van der Waals surface area contributed by atoms with E-state index < -0.39 is 0 Å². The van der Waals surface area contributed by atoms with E-state index in [1.54, 1.807) is 24.5 Å². The second-order valence-electron chi connectivity index (χ2n) is 5.66. The summed E-state index contributed by atoms with van der Waals surface area (Å²) in [5, 5.41) is 6.80. The van der Waals surface area contributed by atoms with Crippen molar-refractivity contribution in [2.75, 3.05) is 18.9 Å². The second-order valence-corrected chi connectivity index (χ2v) is 5.66. The average molecular weight is 337 g/mol. The van der Waals surface area contributed by atoms with Crippen molar-refractivity contribution in [2.24, 2.45) is 0 Å². The summed E-state index contributed by atoms with van der Waals surface area (Å²) in [7, 11) is 1.91. The molecule has 0 aliphatic heterocycles. The van der Waals surface area contributed by atoms with Gasteiger partial charge in [0.2, 0.25) is 17.6 Å². The summed E-state index contributed by atoms with van der Waals surface area (Å²) in [5.74, 6) is 1.03. The van der Waals surface area contributed by atoms with Crippen LogP contribution in [0.15, 0.2) is 59.4 Å². The summed E-state index contributed by atoms with van der Waals surface area (Å²) in [5.41, 5.74) is 1.61. The van der Waals surface area contributed by atoms with E-state index in [9.17, 15) is 4.79 Å². The number of anilines is 1. The first-order valence-corrected chi connectivity index (χ1v) is 7.97. The van der Waals surface area contributed by atoms with E-state index in [-0.39, 0.29) is 5.91 Å². The van der Waals surface area contributed by atoms with Crippen LogP contribution in [-0.2, 0) is 11.3 Å². The van der Waals surface area contributed by atoms with Gasteiger partial charge in [0, 0.05) is 24.7 Å². The molecule has 1 aromatic carbocycles. The van der Waals surface area contributed by atoms with Crippen LogP contribution in [0.5, 0.6) is 0 Å². The molecule has 0 unspecified atom stereocenters. The summed E-state index contributed by atoms with van der Waals surface area (Å²) in [6.07, 6.45) is 3.65. The normalized spacial score (nSPS) is 10.8. The van der Waals surface area contributed by atoms with Crippen LogP contribution in [0.3, 0.4) is 0 Å². The molecule has 0 aliphatic rings. The van der Waals surface area contributed by atoms with Gasteiger partial charge >= 0.3 is 0 Å². The average Bonchev–Trinajstić information content (AvgIpc) is 3.10. The van der Waals surface area contributed by atoms with Gasteiger partial charge in [-0.3, -0.25) is 14.7 Å². The number of hydrogen-bond acceptors (Lipinski definition) is 6. The van der Waals surface area contributed by atoms with Crippen molar-refractivity contribution in [3.63, 3.8) is 0 Å². The molecule has 0 saturated heterocycles. The fraction of sp³-hybridized carbons (Fsp3) is 0.222. The molecule has 25 heavy (non-hydrogen) atoms. The molecule has 2 heterocycles. The zero-order valence-corrected chi connectivity index (χ0v) is 13.9.